The van der Waals surface area contributed by atoms with E-state index in [9.17, 15) is 53.1 Å². The first-order valence-electron chi connectivity index (χ1n) is 27.8. The summed E-state index contributed by atoms with van der Waals surface area (Å²) < 4.78 is 0. The van der Waals surface area contributed by atoms with Gasteiger partial charge in [-0.25, -0.2) is 0 Å². The zero-order chi connectivity index (χ0) is 58.1. The van der Waals surface area contributed by atoms with E-state index >= 15 is 0 Å². The molecule has 0 aromatic rings. The predicted octanol–water partition coefficient (Wildman–Crippen LogP) is -1.50. The predicted molar refractivity (Wildman–Crippen MR) is 299 cm³/mol. The van der Waals surface area contributed by atoms with Gasteiger partial charge in [0.25, 0.3) is 0 Å². The summed E-state index contributed by atoms with van der Waals surface area (Å²) in [6.45, 7) is 5.39. The van der Waals surface area contributed by atoms with Crippen molar-refractivity contribution in [3.05, 3.63) is 0 Å². The summed E-state index contributed by atoms with van der Waals surface area (Å²) in [5, 5.41) is 40.4. The van der Waals surface area contributed by atoms with Crippen LogP contribution in [0.5, 0.6) is 0 Å². The summed E-state index contributed by atoms with van der Waals surface area (Å²) in [4.78, 5) is 135. The lowest BCUT2D eigenvalue weighted by atomic mass is 10.0. The van der Waals surface area contributed by atoms with E-state index in [0.717, 1.165) is 19.4 Å². The Morgan fingerprint density at radius 1 is 0.641 bits per heavy atom. The lowest BCUT2D eigenvalue weighted by molar-refractivity contribution is -0.135. The maximum atomic E-state index is 14.4. The molecule has 10 amide bonds. The Balaban J connectivity index is 3.44. The second-order valence-electron chi connectivity index (χ2n) is 19.6. The summed E-state index contributed by atoms with van der Waals surface area (Å²) in [7, 11) is 0. The Labute approximate surface area is 465 Å². The number of rotatable bonds is 25. The summed E-state index contributed by atoms with van der Waals surface area (Å²) in [5.41, 5.74) is 16.5. The number of hydrogen-bond donors (Lipinski definition) is 15. The lowest BCUT2D eigenvalue weighted by Crippen LogP contribution is -2.59. The third-order valence-electron chi connectivity index (χ3n) is 12.6. The van der Waals surface area contributed by atoms with Crippen LogP contribution in [0.25, 0.3) is 0 Å². The molecule has 26 nitrogen and oxygen atoms in total. The average Bonchev–Trinajstić information content (AvgIpc) is 3.38. The van der Waals surface area contributed by atoms with E-state index in [4.69, 9.17) is 29.4 Å². The van der Waals surface area contributed by atoms with Crippen LogP contribution in [0.15, 0.2) is 4.99 Å². The molecule has 1 aliphatic rings. The fraction of sp³-hybridized carbons (Fsp3) is 0.765. The minimum atomic E-state index is -1.53. The molecule has 78 heavy (non-hydrogen) atoms. The van der Waals surface area contributed by atoms with Gasteiger partial charge in [0.15, 0.2) is 11.1 Å². The number of aliphatic hydroxyl groups is 1. The van der Waals surface area contributed by atoms with Gasteiger partial charge in [0, 0.05) is 52.5 Å². The van der Waals surface area contributed by atoms with Crippen molar-refractivity contribution in [2.75, 3.05) is 45.8 Å². The monoisotopic (exact) mass is 1120 g/mol. The average molecular weight is 1120 g/mol. The first-order valence-corrected chi connectivity index (χ1v) is 28.2. The van der Waals surface area contributed by atoms with Crippen molar-refractivity contribution in [3.63, 3.8) is 0 Å². The minimum absolute atomic E-state index is 0.0205. The molecule has 3 unspecified atom stereocenters. The number of amides is 10. The number of thiocarbonyl (C=S) groups is 1. The van der Waals surface area contributed by atoms with Gasteiger partial charge >= 0.3 is 0 Å². The van der Waals surface area contributed by atoms with Crippen molar-refractivity contribution in [2.24, 2.45) is 22.2 Å². The molecule has 0 spiro atoms. The fourth-order valence-corrected chi connectivity index (χ4v) is 8.37. The van der Waals surface area contributed by atoms with E-state index in [1.54, 1.807) is 0 Å². The van der Waals surface area contributed by atoms with Gasteiger partial charge in [-0.1, -0.05) is 64.7 Å². The quantitative estimate of drug-likeness (QED) is 0.0214. The summed E-state index contributed by atoms with van der Waals surface area (Å²) in [6.07, 6.45) is 12.5. The second-order valence-corrected chi connectivity index (χ2v) is 20.0. The Kier molecular flexibility index (Phi) is 38.0. The minimum Gasteiger partial charge on any atom is -0.391 e. The number of carbonyl (C=O) groups excluding carboxylic acids is 10. The van der Waals surface area contributed by atoms with E-state index < -0.39 is 102 Å². The van der Waals surface area contributed by atoms with Crippen molar-refractivity contribution in [2.45, 2.75) is 205 Å². The first-order chi connectivity index (χ1) is 37.2. The molecule has 27 heteroatoms. The summed E-state index contributed by atoms with van der Waals surface area (Å²) in [6, 6.07) is -6.60. The van der Waals surface area contributed by atoms with Crippen molar-refractivity contribution >= 4 is 82.4 Å². The standard InChI is InChI=1S/C51H93N15O11S/c1-4-5-6-7-8-9-10-11-12-16-29-58-51(78)59-30-19-15-22-37-47(75)64-38(49(77)66-44(34(2)67)45(52)73)23-14-18-28-56-43(72)33-61-41(70)26-25-40(69)60-32-42(71)55-27-17-13-21-36(62-35(3)68)46(74)65-39(48(76)63-37)24-20-31-57-50(53)54/h34,36-39,44,67H,4-33H2,1-3H3,(H2,52,73)(H,55,71)(H,56,72)(H,60,69)(H,61,70)(H,62,68)(H,63,76)(H,64,75)(H,65,74)(H,66,77)(H4,53,54,57)(H2,58,59,78)/t34-,36?,37?,38?,39+,44+/m1/s1. The highest BCUT2D eigenvalue weighted by atomic mass is 32.1. The third-order valence-corrected chi connectivity index (χ3v) is 12.9. The number of unbranched alkanes of at least 4 members (excludes halogenated alkanes) is 10. The maximum absolute atomic E-state index is 14.4. The van der Waals surface area contributed by atoms with E-state index in [1.807, 2.05) is 0 Å². The van der Waals surface area contributed by atoms with Gasteiger partial charge in [-0.05, 0) is 96.2 Å². The Hall–Kier alpha value is -6.38. The van der Waals surface area contributed by atoms with E-state index in [1.165, 1.54) is 65.2 Å². The molecule has 18 N–H and O–H groups in total. The molecule has 0 aromatic heterocycles. The van der Waals surface area contributed by atoms with Crippen LogP contribution < -0.4 is 75.7 Å². The van der Waals surface area contributed by atoms with Crippen molar-refractivity contribution < 1.29 is 53.1 Å². The third kappa shape index (κ3) is 35.1. The molecule has 6 atom stereocenters. The molecule has 0 saturated carbocycles. The highest BCUT2D eigenvalue weighted by Crippen LogP contribution is 2.12. The number of primary amides is 1. The van der Waals surface area contributed by atoms with Crippen LogP contribution >= 0.6 is 12.2 Å². The van der Waals surface area contributed by atoms with Crippen LogP contribution in [-0.2, 0) is 47.9 Å². The van der Waals surface area contributed by atoms with E-state index in [-0.39, 0.29) is 89.9 Å². The Morgan fingerprint density at radius 3 is 1.64 bits per heavy atom. The normalized spacial score (nSPS) is 20.2. The Bertz CT molecular complexity index is 1930. The molecule has 1 saturated heterocycles. The van der Waals surface area contributed by atoms with Crippen LogP contribution in [0, 0.1) is 0 Å². The molecule has 444 valence electrons. The van der Waals surface area contributed by atoms with Gasteiger partial charge < -0.3 is 80.8 Å². The van der Waals surface area contributed by atoms with Crippen LogP contribution in [0.2, 0.25) is 0 Å². The Morgan fingerprint density at radius 2 is 1.13 bits per heavy atom. The molecule has 1 rings (SSSR count). The number of guanidine groups is 1. The van der Waals surface area contributed by atoms with E-state index in [2.05, 4.69) is 70.4 Å². The van der Waals surface area contributed by atoms with Gasteiger partial charge in [0.05, 0.1) is 19.2 Å². The van der Waals surface area contributed by atoms with E-state index in [0.29, 0.717) is 37.3 Å². The smallest absolute Gasteiger partial charge is 0.243 e. The molecule has 0 aliphatic carbocycles. The zero-order valence-corrected chi connectivity index (χ0v) is 47.1. The summed E-state index contributed by atoms with van der Waals surface area (Å²) in [5.74, 6) is -7.13. The van der Waals surface area contributed by atoms with Crippen LogP contribution in [0.3, 0.4) is 0 Å². The zero-order valence-electron chi connectivity index (χ0n) is 46.3. The second kappa shape index (κ2) is 42.6. The SMILES string of the molecule is CCCCCCCCCCCCNC(=S)NCCCCC1NC(=O)[C@H](CCCN=C(N)N)NC(=O)C(NC(C)=O)CCCCNC(=O)CNC(=O)CCC(=O)NCC(=O)NCCCCC(C(=O)N[C@H](C(N)=O)[C@@H](C)O)NC1=O. The van der Waals surface area contributed by atoms with Gasteiger partial charge in [0.1, 0.15) is 30.2 Å². The van der Waals surface area contributed by atoms with Crippen LogP contribution in [0.4, 0.5) is 0 Å². The van der Waals surface area contributed by atoms with Crippen LogP contribution in [-0.4, -0.2) is 157 Å². The molecule has 0 bridgehead atoms. The highest BCUT2D eigenvalue weighted by Gasteiger charge is 2.33. The molecule has 0 radical (unpaired) electrons. The lowest BCUT2D eigenvalue weighted by Gasteiger charge is -2.27. The molecule has 1 fully saturated rings. The molecular weight excluding hydrogens is 1030 g/mol. The number of nitrogens with zero attached hydrogens (tertiary/aromatic N) is 1. The highest BCUT2D eigenvalue weighted by molar-refractivity contribution is 7.80. The van der Waals surface area contributed by atoms with Crippen LogP contribution in [0.1, 0.15) is 168 Å². The van der Waals surface area contributed by atoms with Crippen molar-refractivity contribution in [3.8, 4) is 0 Å². The number of aliphatic hydroxyl groups excluding tert-OH is 1. The number of hydrogen-bond acceptors (Lipinski definition) is 13. The fourth-order valence-electron chi connectivity index (χ4n) is 8.17. The molecule has 0 aromatic carbocycles. The van der Waals surface area contributed by atoms with Gasteiger partial charge in [-0.2, -0.15) is 0 Å². The molecule has 1 aliphatic heterocycles. The first kappa shape index (κ1) is 69.6. The maximum Gasteiger partial charge on any atom is 0.243 e. The molecular formula is C51H93N15O11S. The molecule has 1 heterocycles. The van der Waals surface area contributed by atoms with Gasteiger partial charge in [-0.15, -0.1) is 0 Å². The number of carbonyl (C=O) groups is 10. The topological polar surface area (TPSA) is 414 Å². The number of nitrogens with two attached hydrogens (primary N) is 3. The van der Waals surface area contributed by atoms with Crippen molar-refractivity contribution in [1.82, 2.24) is 58.5 Å². The largest absolute Gasteiger partial charge is 0.391 e. The summed E-state index contributed by atoms with van der Waals surface area (Å²) >= 11 is 5.50. The van der Waals surface area contributed by atoms with Crippen molar-refractivity contribution in [1.29, 1.82) is 0 Å². The number of nitrogens with one attached hydrogen (secondary N) is 11. The van der Waals surface area contributed by atoms with Gasteiger partial charge in [0.2, 0.25) is 59.1 Å². The van der Waals surface area contributed by atoms with Gasteiger partial charge in [-0.3, -0.25) is 52.9 Å². The number of aliphatic imine (C=N–C) groups is 1.